The van der Waals surface area contributed by atoms with Crippen LogP contribution in [0.4, 0.5) is 0 Å². The van der Waals surface area contributed by atoms with E-state index in [0.717, 1.165) is 11.1 Å². The maximum absolute atomic E-state index is 12.3. The van der Waals surface area contributed by atoms with Crippen LogP contribution in [0.5, 0.6) is 0 Å². The molecule has 1 aromatic rings. The molecular weight excluding hydrogens is 262 g/mol. The zero-order chi connectivity index (χ0) is 14.0. The SMILES string of the molecule is C[C@@H](CS)C(=O)N1Cc2ccccc2C[C@@H]1C(=O)O. The number of nitrogens with zero attached hydrogens (tertiary/aromatic N) is 1. The van der Waals surface area contributed by atoms with Gasteiger partial charge in [-0.1, -0.05) is 31.2 Å². The number of hydrogen-bond donors (Lipinski definition) is 2. The first-order valence-electron chi connectivity index (χ1n) is 6.25. The minimum Gasteiger partial charge on any atom is -0.480 e. The summed E-state index contributed by atoms with van der Waals surface area (Å²) in [7, 11) is 0. The third-order valence-corrected chi connectivity index (χ3v) is 4.06. The molecule has 1 aliphatic heterocycles. The molecule has 0 radical (unpaired) electrons. The van der Waals surface area contributed by atoms with E-state index in [1.54, 1.807) is 6.92 Å². The Morgan fingerprint density at radius 3 is 2.63 bits per heavy atom. The van der Waals surface area contributed by atoms with Gasteiger partial charge in [0, 0.05) is 24.6 Å². The molecule has 0 fully saturated rings. The van der Waals surface area contributed by atoms with Crippen molar-refractivity contribution < 1.29 is 14.7 Å². The molecule has 1 aliphatic rings. The van der Waals surface area contributed by atoms with Gasteiger partial charge in [-0.05, 0) is 11.1 Å². The van der Waals surface area contributed by atoms with Crippen molar-refractivity contribution in [1.82, 2.24) is 4.90 Å². The maximum atomic E-state index is 12.3. The van der Waals surface area contributed by atoms with Crippen molar-refractivity contribution in [2.75, 3.05) is 5.75 Å². The summed E-state index contributed by atoms with van der Waals surface area (Å²) in [5, 5.41) is 9.32. The Morgan fingerprint density at radius 1 is 1.42 bits per heavy atom. The number of thiol groups is 1. The zero-order valence-corrected chi connectivity index (χ0v) is 11.6. The van der Waals surface area contributed by atoms with E-state index in [1.807, 2.05) is 24.3 Å². The van der Waals surface area contributed by atoms with Gasteiger partial charge in [0.05, 0.1) is 0 Å². The molecule has 1 N–H and O–H groups in total. The average molecular weight is 279 g/mol. The number of aliphatic carboxylic acids is 1. The van der Waals surface area contributed by atoms with Crippen LogP contribution in [0.2, 0.25) is 0 Å². The third-order valence-electron chi connectivity index (χ3n) is 3.51. The number of fused-ring (bicyclic) bond motifs is 1. The molecule has 2 atom stereocenters. The second kappa shape index (κ2) is 5.65. The first-order valence-corrected chi connectivity index (χ1v) is 6.88. The van der Waals surface area contributed by atoms with Gasteiger partial charge in [0.25, 0.3) is 0 Å². The Hall–Kier alpha value is -1.49. The molecule has 19 heavy (non-hydrogen) atoms. The molecule has 0 unspecified atom stereocenters. The highest BCUT2D eigenvalue weighted by Crippen LogP contribution is 2.25. The van der Waals surface area contributed by atoms with Gasteiger partial charge in [-0.2, -0.15) is 12.6 Å². The molecule has 102 valence electrons. The monoisotopic (exact) mass is 279 g/mol. The number of amides is 1. The van der Waals surface area contributed by atoms with Crippen LogP contribution in [0.3, 0.4) is 0 Å². The van der Waals surface area contributed by atoms with Gasteiger partial charge in [0.2, 0.25) is 5.91 Å². The fourth-order valence-corrected chi connectivity index (χ4v) is 2.49. The van der Waals surface area contributed by atoms with Crippen molar-refractivity contribution in [3.05, 3.63) is 35.4 Å². The predicted molar refractivity (Wildman–Crippen MR) is 75.1 cm³/mol. The van der Waals surface area contributed by atoms with Crippen LogP contribution < -0.4 is 0 Å². The fraction of sp³-hybridized carbons (Fsp3) is 0.429. The minimum absolute atomic E-state index is 0.142. The molecule has 0 spiro atoms. The van der Waals surface area contributed by atoms with Crippen LogP contribution >= 0.6 is 12.6 Å². The Kier molecular flexibility index (Phi) is 4.14. The van der Waals surface area contributed by atoms with E-state index < -0.39 is 12.0 Å². The van der Waals surface area contributed by atoms with E-state index in [0.29, 0.717) is 18.7 Å². The molecule has 5 heteroatoms. The normalized spacial score (nSPS) is 19.7. The standard InChI is InChI=1S/C14H17NO3S/c1-9(8-19)13(16)15-7-11-5-3-2-4-10(11)6-12(15)14(17)18/h2-5,9,12,19H,6-8H2,1H3,(H,17,18)/t9-,12+/m0/s1. The molecule has 4 nitrogen and oxygen atoms in total. The lowest BCUT2D eigenvalue weighted by molar-refractivity contribution is -0.152. The molecule has 0 saturated heterocycles. The molecule has 2 rings (SSSR count). The van der Waals surface area contributed by atoms with Crippen molar-refractivity contribution in [1.29, 1.82) is 0 Å². The van der Waals surface area contributed by atoms with Crippen LogP contribution in [-0.2, 0) is 22.6 Å². The fourth-order valence-electron chi connectivity index (χ4n) is 2.34. The van der Waals surface area contributed by atoms with Gasteiger partial charge in [0.15, 0.2) is 0 Å². The molecule has 0 saturated carbocycles. The molecule has 0 aliphatic carbocycles. The Bertz CT molecular complexity index is 503. The lowest BCUT2D eigenvalue weighted by atomic mass is 9.93. The lowest BCUT2D eigenvalue weighted by Gasteiger charge is -2.35. The topological polar surface area (TPSA) is 57.6 Å². The summed E-state index contributed by atoms with van der Waals surface area (Å²) in [4.78, 5) is 25.1. The third kappa shape index (κ3) is 2.76. The molecule has 0 aromatic heterocycles. The minimum atomic E-state index is -0.950. The van der Waals surface area contributed by atoms with E-state index >= 15 is 0 Å². The highest BCUT2D eigenvalue weighted by atomic mass is 32.1. The highest BCUT2D eigenvalue weighted by molar-refractivity contribution is 7.80. The number of hydrogen-bond acceptors (Lipinski definition) is 3. The van der Waals surface area contributed by atoms with Crippen molar-refractivity contribution >= 4 is 24.5 Å². The van der Waals surface area contributed by atoms with E-state index in [-0.39, 0.29) is 11.8 Å². The van der Waals surface area contributed by atoms with Gasteiger partial charge in [0.1, 0.15) is 6.04 Å². The van der Waals surface area contributed by atoms with Gasteiger partial charge < -0.3 is 10.0 Å². The summed E-state index contributed by atoms with van der Waals surface area (Å²) in [5.74, 6) is -0.940. The van der Waals surface area contributed by atoms with Crippen molar-refractivity contribution in [2.24, 2.45) is 5.92 Å². The zero-order valence-electron chi connectivity index (χ0n) is 10.7. The summed E-state index contributed by atoms with van der Waals surface area (Å²) >= 11 is 4.12. The summed E-state index contributed by atoms with van der Waals surface area (Å²) in [6, 6.07) is 6.90. The number of carboxylic acids is 1. The summed E-state index contributed by atoms with van der Waals surface area (Å²) in [6.45, 7) is 2.14. The van der Waals surface area contributed by atoms with Crippen LogP contribution in [0, 0.1) is 5.92 Å². The number of carboxylic acid groups (broad SMARTS) is 1. The van der Waals surface area contributed by atoms with Crippen molar-refractivity contribution in [3.63, 3.8) is 0 Å². The van der Waals surface area contributed by atoms with Crippen LogP contribution in [0.15, 0.2) is 24.3 Å². The molecule has 0 bridgehead atoms. The van der Waals surface area contributed by atoms with Gasteiger partial charge in [-0.15, -0.1) is 0 Å². The first kappa shape index (κ1) is 13.9. The number of rotatable bonds is 3. The van der Waals surface area contributed by atoms with E-state index in [4.69, 9.17) is 0 Å². The molecule has 1 heterocycles. The lowest BCUT2D eigenvalue weighted by Crippen LogP contribution is -2.50. The summed E-state index contributed by atoms with van der Waals surface area (Å²) in [6.07, 6.45) is 0.372. The number of carbonyl (C=O) groups excluding carboxylic acids is 1. The molecular formula is C14H17NO3S. The predicted octanol–water partition coefficient (Wildman–Crippen LogP) is 1.59. The Balaban J connectivity index is 2.31. The second-order valence-corrected chi connectivity index (χ2v) is 5.24. The average Bonchev–Trinajstić information content (AvgIpc) is 2.44. The largest absolute Gasteiger partial charge is 0.480 e. The van der Waals surface area contributed by atoms with Gasteiger partial charge >= 0.3 is 5.97 Å². The van der Waals surface area contributed by atoms with Crippen LogP contribution in [-0.4, -0.2) is 33.7 Å². The van der Waals surface area contributed by atoms with E-state index in [2.05, 4.69) is 12.6 Å². The number of carbonyl (C=O) groups is 2. The van der Waals surface area contributed by atoms with Crippen molar-refractivity contribution in [2.45, 2.75) is 25.9 Å². The second-order valence-electron chi connectivity index (χ2n) is 4.88. The Labute approximate surface area is 117 Å². The molecule has 1 aromatic carbocycles. The van der Waals surface area contributed by atoms with Crippen LogP contribution in [0.1, 0.15) is 18.1 Å². The van der Waals surface area contributed by atoms with Crippen LogP contribution in [0.25, 0.3) is 0 Å². The number of benzene rings is 1. The van der Waals surface area contributed by atoms with E-state index in [9.17, 15) is 14.7 Å². The van der Waals surface area contributed by atoms with Gasteiger partial charge in [-0.25, -0.2) is 4.79 Å². The summed E-state index contributed by atoms with van der Waals surface area (Å²) in [5.41, 5.74) is 2.04. The quantitative estimate of drug-likeness (QED) is 0.826. The van der Waals surface area contributed by atoms with Gasteiger partial charge in [-0.3, -0.25) is 4.79 Å². The highest BCUT2D eigenvalue weighted by Gasteiger charge is 2.35. The summed E-state index contributed by atoms with van der Waals surface area (Å²) < 4.78 is 0. The maximum Gasteiger partial charge on any atom is 0.326 e. The Morgan fingerprint density at radius 2 is 2.05 bits per heavy atom. The molecule has 1 amide bonds. The first-order chi connectivity index (χ1) is 9.04. The van der Waals surface area contributed by atoms with Crippen molar-refractivity contribution in [3.8, 4) is 0 Å². The smallest absolute Gasteiger partial charge is 0.326 e. The van der Waals surface area contributed by atoms with E-state index in [1.165, 1.54) is 4.90 Å².